The van der Waals surface area contributed by atoms with E-state index in [1.165, 1.54) is 0 Å². The van der Waals surface area contributed by atoms with E-state index in [4.69, 9.17) is 9.47 Å². The summed E-state index contributed by atoms with van der Waals surface area (Å²) in [5.74, 6) is 1.37. The van der Waals surface area contributed by atoms with Gasteiger partial charge in [-0.15, -0.1) is 24.0 Å². The Morgan fingerprint density at radius 2 is 2.11 bits per heavy atom. The number of carbonyl (C=O) groups is 1. The Kier molecular flexibility index (Phi) is 11.8. The average Bonchev–Trinajstić information content (AvgIpc) is 3.46. The molecule has 0 aromatic heterocycles. The van der Waals surface area contributed by atoms with Crippen LogP contribution in [0.25, 0.3) is 0 Å². The fraction of sp³-hybridized carbons (Fsp3) is 0.579. The van der Waals surface area contributed by atoms with Crippen molar-refractivity contribution in [1.82, 2.24) is 16.0 Å². The minimum absolute atomic E-state index is 0. The quantitative estimate of drug-likeness (QED) is 0.192. The maximum Gasteiger partial charge on any atom is 0.258 e. The summed E-state index contributed by atoms with van der Waals surface area (Å²) in [6, 6.07) is 8.07. The Hall–Kier alpha value is -1.55. The molecule has 0 atom stereocenters. The van der Waals surface area contributed by atoms with E-state index in [0.717, 1.165) is 50.5 Å². The van der Waals surface area contributed by atoms with E-state index in [-0.39, 0.29) is 36.5 Å². The number of benzene rings is 1. The Morgan fingerprint density at radius 1 is 1.30 bits per heavy atom. The van der Waals surface area contributed by atoms with E-state index >= 15 is 0 Å². The second-order valence-corrected chi connectivity index (χ2v) is 6.18. The molecule has 8 heteroatoms. The van der Waals surface area contributed by atoms with Crippen LogP contribution in [0, 0.1) is 0 Å². The third kappa shape index (κ3) is 10.4. The smallest absolute Gasteiger partial charge is 0.258 e. The molecule has 1 amide bonds. The van der Waals surface area contributed by atoms with Crippen LogP contribution >= 0.6 is 24.0 Å². The number of nitrogens with one attached hydrogen (secondary N) is 3. The highest BCUT2D eigenvalue weighted by Gasteiger charge is 2.23. The summed E-state index contributed by atoms with van der Waals surface area (Å²) in [4.78, 5) is 15.9. The van der Waals surface area contributed by atoms with Gasteiger partial charge in [-0.1, -0.05) is 12.1 Å². The van der Waals surface area contributed by atoms with Crippen molar-refractivity contribution in [2.24, 2.45) is 4.99 Å². The van der Waals surface area contributed by atoms with Gasteiger partial charge in [-0.25, -0.2) is 0 Å². The average molecular weight is 490 g/mol. The van der Waals surface area contributed by atoms with E-state index < -0.39 is 0 Å². The third-order valence-corrected chi connectivity index (χ3v) is 3.86. The summed E-state index contributed by atoms with van der Waals surface area (Å²) in [6.07, 6.45) is 3.09. The Balaban J connectivity index is 0.00000364. The number of ether oxygens (including phenoxy) is 2. The molecular weight excluding hydrogens is 459 g/mol. The zero-order chi connectivity index (χ0) is 18.6. The molecule has 1 aromatic carbocycles. The molecule has 1 aromatic rings. The zero-order valence-electron chi connectivity index (χ0n) is 16.1. The lowest BCUT2D eigenvalue weighted by atomic mass is 10.2. The number of halogens is 1. The van der Waals surface area contributed by atoms with Gasteiger partial charge in [0.1, 0.15) is 5.75 Å². The molecular formula is C19H31IN4O3. The SMILES string of the molecule is CCOCCCNC(=NC)NCc1cccc(OCC(=O)NC2CC2)c1.I. The third-order valence-electron chi connectivity index (χ3n) is 3.86. The van der Waals surface area contributed by atoms with Gasteiger partial charge < -0.3 is 25.4 Å². The molecule has 0 saturated heterocycles. The van der Waals surface area contributed by atoms with Gasteiger partial charge in [-0.05, 0) is 43.9 Å². The molecule has 0 heterocycles. The van der Waals surface area contributed by atoms with Crippen molar-refractivity contribution >= 4 is 35.8 Å². The standard InChI is InChI=1S/C19H30N4O3.HI/c1-3-25-11-5-10-21-19(20-2)22-13-15-6-4-7-17(12-15)26-14-18(24)23-16-8-9-16;/h4,6-7,12,16H,3,5,8-11,13-14H2,1-2H3,(H,23,24)(H2,20,21,22);1H. The van der Waals surface area contributed by atoms with Gasteiger partial charge >= 0.3 is 0 Å². The number of hydrogen-bond donors (Lipinski definition) is 3. The predicted molar refractivity (Wildman–Crippen MR) is 118 cm³/mol. The Labute approximate surface area is 178 Å². The minimum Gasteiger partial charge on any atom is -0.484 e. The topological polar surface area (TPSA) is 84.0 Å². The van der Waals surface area contributed by atoms with E-state index in [2.05, 4.69) is 20.9 Å². The summed E-state index contributed by atoms with van der Waals surface area (Å²) < 4.78 is 10.9. The number of guanidine groups is 1. The van der Waals surface area contributed by atoms with Crippen LogP contribution < -0.4 is 20.7 Å². The first kappa shape index (κ1) is 23.5. The molecule has 0 unspecified atom stereocenters. The van der Waals surface area contributed by atoms with Crippen molar-refractivity contribution in [1.29, 1.82) is 0 Å². The van der Waals surface area contributed by atoms with Gasteiger partial charge in [-0.2, -0.15) is 0 Å². The van der Waals surface area contributed by atoms with Gasteiger partial charge in [0.15, 0.2) is 12.6 Å². The van der Waals surface area contributed by atoms with E-state index in [9.17, 15) is 4.79 Å². The van der Waals surface area contributed by atoms with Crippen LogP contribution in [-0.4, -0.2) is 51.3 Å². The van der Waals surface area contributed by atoms with Crippen molar-refractivity contribution in [3.05, 3.63) is 29.8 Å². The molecule has 2 rings (SSSR count). The van der Waals surface area contributed by atoms with Crippen molar-refractivity contribution in [2.75, 3.05) is 33.4 Å². The molecule has 152 valence electrons. The van der Waals surface area contributed by atoms with Crippen molar-refractivity contribution in [2.45, 2.75) is 38.8 Å². The van der Waals surface area contributed by atoms with Gasteiger partial charge in [-0.3, -0.25) is 9.79 Å². The number of hydrogen-bond acceptors (Lipinski definition) is 4. The number of carbonyl (C=O) groups excluding carboxylic acids is 1. The number of rotatable bonds is 11. The number of nitrogens with zero attached hydrogens (tertiary/aromatic N) is 1. The van der Waals surface area contributed by atoms with Gasteiger partial charge in [0.2, 0.25) is 0 Å². The summed E-state index contributed by atoms with van der Waals surface area (Å²) in [5.41, 5.74) is 1.06. The van der Waals surface area contributed by atoms with Crippen LogP contribution in [0.3, 0.4) is 0 Å². The zero-order valence-corrected chi connectivity index (χ0v) is 18.5. The van der Waals surface area contributed by atoms with Crippen LogP contribution in [-0.2, 0) is 16.1 Å². The van der Waals surface area contributed by atoms with E-state index in [0.29, 0.717) is 18.3 Å². The molecule has 1 aliphatic carbocycles. The van der Waals surface area contributed by atoms with Gasteiger partial charge in [0.25, 0.3) is 5.91 Å². The van der Waals surface area contributed by atoms with Gasteiger partial charge in [0, 0.05) is 39.4 Å². The molecule has 0 spiro atoms. The minimum atomic E-state index is -0.0623. The normalized spacial score (nSPS) is 13.5. The lowest BCUT2D eigenvalue weighted by Gasteiger charge is -2.13. The predicted octanol–water partition coefficient (Wildman–Crippen LogP) is 2.05. The second kappa shape index (κ2) is 13.6. The molecule has 3 N–H and O–H groups in total. The van der Waals surface area contributed by atoms with Crippen molar-refractivity contribution in [3.8, 4) is 5.75 Å². The molecule has 0 aliphatic heterocycles. The van der Waals surface area contributed by atoms with Crippen LogP contribution in [0.1, 0.15) is 31.7 Å². The van der Waals surface area contributed by atoms with Crippen LogP contribution in [0.2, 0.25) is 0 Å². The second-order valence-electron chi connectivity index (χ2n) is 6.18. The van der Waals surface area contributed by atoms with Crippen LogP contribution in [0.5, 0.6) is 5.75 Å². The van der Waals surface area contributed by atoms with Crippen LogP contribution in [0.15, 0.2) is 29.3 Å². The molecule has 1 aliphatic rings. The van der Waals surface area contributed by atoms with Crippen molar-refractivity contribution in [3.63, 3.8) is 0 Å². The van der Waals surface area contributed by atoms with E-state index in [1.54, 1.807) is 7.05 Å². The van der Waals surface area contributed by atoms with E-state index in [1.807, 2.05) is 31.2 Å². The fourth-order valence-electron chi connectivity index (χ4n) is 2.32. The lowest BCUT2D eigenvalue weighted by Crippen LogP contribution is -2.37. The van der Waals surface area contributed by atoms with Crippen LogP contribution in [0.4, 0.5) is 0 Å². The first-order valence-corrected chi connectivity index (χ1v) is 9.24. The monoisotopic (exact) mass is 490 g/mol. The highest BCUT2D eigenvalue weighted by Crippen LogP contribution is 2.18. The summed E-state index contributed by atoms with van der Waals surface area (Å²) in [6.45, 7) is 4.96. The van der Waals surface area contributed by atoms with Crippen molar-refractivity contribution < 1.29 is 14.3 Å². The molecule has 27 heavy (non-hydrogen) atoms. The molecule has 1 saturated carbocycles. The molecule has 0 radical (unpaired) electrons. The summed E-state index contributed by atoms with van der Waals surface area (Å²) in [7, 11) is 1.75. The summed E-state index contributed by atoms with van der Waals surface area (Å²) in [5, 5.41) is 9.43. The molecule has 7 nitrogen and oxygen atoms in total. The number of amides is 1. The Bertz CT molecular complexity index is 594. The lowest BCUT2D eigenvalue weighted by molar-refractivity contribution is -0.123. The largest absolute Gasteiger partial charge is 0.484 e. The van der Waals surface area contributed by atoms with Gasteiger partial charge in [0.05, 0.1) is 0 Å². The first-order valence-electron chi connectivity index (χ1n) is 9.24. The number of aliphatic imine (C=N–C) groups is 1. The fourth-order valence-corrected chi connectivity index (χ4v) is 2.32. The first-order chi connectivity index (χ1) is 12.7. The Morgan fingerprint density at radius 3 is 2.81 bits per heavy atom. The molecule has 0 bridgehead atoms. The summed E-state index contributed by atoms with van der Waals surface area (Å²) >= 11 is 0. The molecule has 1 fully saturated rings. The highest BCUT2D eigenvalue weighted by atomic mass is 127. The maximum atomic E-state index is 11.7. The maximum absolute atomic E-state index is 11.7. The highest BCUT2D eigenvalue weighted by molar-refractivity contribution is 14.0.